The van der Waals surface area contributed by atoms with E-state index in [9.17, 15) is 0 Å². The predicted octanol–water partition coefficient (Wildman–Crippen LogP) is 4.27. The number of hydrogen-bond donors (Lipinski definition) is 1. The highest BCUT2D eigenvalue weighted by Gasteiger charge is 2.14. The van der Waals surface area contributed by atoms with Gasteiger partial charge in [0.25, 0.3) is 0 Å². The van der Waals surface area contributed by atoms with Crippen LogP contribution in [0.2, 0.25) is 4.34 Å². The summed E-state index contributed by atoms with van der Waals surface area (Å²) in [6.07, 6.45) is 0. The second-order valence-corrected chi connectivity index (χ2v) is 6.17. The zero-order valence-electron chi connectivity index (χ0n) is 7.04. The highest BCUT2D eigenvalue weighted by molar-refractivity contribution is 9.10. The van der Waals surface area contributed by atoms with Crippen LogP contribution in [0.3, 0.4) is 0 Å². The Labute approximate surface area is 104 Å². The fourth-order valence-corrected chi connectivity index (χ4v) is 3.64. The summed E-state index contributed by atoms with van der Waals surface area (Å²) < 4.78 is 1.85. The van der Waals surface area contributed by atoms with Crippen LogP contribution >= 0.6 is 50.2 Å². The van der Waals surface area contributed by atoms with Gasteiger partial charge in [-0.25, -0.2) is 0 Å². The van der Waals surface area contributed by atoms with Crippen LogP contribution in [0, 0.1) is 0 Å². The third-order valence-electron chi connectivity index (χ3n) is 1.88. The van der Waals surface area contributed by atoms with Crippen molar-refractivity contribution in [1.29, 1.82) is 0 Å². The van der Waals surface area contributed by atoms with Crippen molar-refractivity contribution in [3.63, 3.8) is 0 Å². The normalized spacial score (nSPS) is 13.1. The van der Waals surface area contributed by atoms with Crippen LogP contribution in [0.5, 0.6) is 0 Å². The lowest BCUT2D eigenvalue weighted by molar-refractivity contribution is 0.899. The predicted molar refractivity (Wildman–Crippen MR) is 67.4 cm³/mol. The number of nitrogens with two attached hydrogens (primary N) is 1. The van der Waals surface area contributed by atoms with Gasteiger partial charge in [0.2, 0.25) is 0 Å². The lowest BCUT2D eigenvalue weighted by atomic mass is 10.1. The zero-order valence-corrected chi connectivity index (χ0v) is 11.0. The summed E-state index contributed by atoms with van der Waals surface area (Å²) in [4.78, 5) is 1.12. The Balaban J connectivity index is 2.33. The minimum absolute atomic E-state index is 0.106. The van der Waals surface area contributed by atoms with Crippen molar-refractivity contribution in [2.24, 2.45) is 5.73 Å². The topological polar surface area (TPSA) is 26.0 Å². The van der Waals surface area contributed by atoms with Gasteiger partial charge in [-0.3, -0.25) is 0 Å². The Morgan fingerprint density at radius 3 is 2.71 bits per heavy atom. The van der Waals surface area contributed by atoms with Crippen LogP contribution in [-0.4, -0.2) is 0 Å². The van der Waals surface area contributed by atoms with Gasteiger partial charge >= 0.3 is 0 Å². The molecule has 1 atom stereocenters. The maximum absolute atomic E-state index is 6.09. The first kappa shape index (κ1) is 10.6. The summed E-state index contributed by atoms with van der Waals surface area (Å²) in [6.45, 7) is 0. The SMILES string of the molecule is NC(c1cc(Br)cs1)c1ccsc1Cl. The van der Waals surface area contributed by atoms with Crippen molar-refractivity contribution in [2.75, 3.05) is 0 Å². The summed E-state index contributed by atoms with van der Waals surface area (Å²) in [5.74, 6) is 0. The molecule has 0 aliphatic heterocycles. The van der Waals surface area contributed by atoms with E-state index in [-0.39, 0.29) is 6.04 Å². The molecule has 5 heteroatoms. The summed E-state index contributed by atoms with van der Waals surface area (Å²) >= 11 is 12.6. The van der Waals surface area contributed by atoms with Gasteiger partial charge in [-0.1, -0.05) is 11.6 Å². The molecule has 2 aromatic rings. The van der Waals surface area contributed by atoms with Gasteiger partial charge in [-0.05, 0) is 33.4 Å². The second-order valence-electron chi connectivity index (χ2n) is 2.79. The van der Waals surface area contributed by atoms with E-state index >= 15 is 0 Å². The largest absolute Gasteiger partial charge is 0.320 e. The smallest absolute Gasteiger partial charge is 0.0979 e. The fraction of sp³-hybridized carbons (Fsp3) is 0.111. The minimum Gasteiger partial charge on any atom is -0.320 e. The lowest BCUT2D eigenvalue weighted by Gasteiger charge is -2.07. The molecule has 1 unspecified atom stereocenters. The molecule has 14 heavy (non-hydrogen) atoms. The molecule has 0 bridgehead atoms. The molecule has 2 aromatic heterocycles. The second kappa shape index (κ2) is 4.33. The van der Waals surface area contributed by atoms with Gasteiger partial charge in [0.15, 0.2) is 0 Å². The first-order valence-corrected chi connectivity index (χ1v) is 6.84. The standard InChI is InChI=1S/C9H7BrClNS2/c10-5-3-7(14-4-5)8(12)6-1-2-13-9(6)11/h1-4,8H,12H2. The third kappa shape index (κ3) is 2.04. The summed E-state index contributed by atoms with van der Waals surface area (Å²) in [7, 11) is 0. The monoisotopic (exact) mass is 307 g/mol. The van der Waals surface area contributed by atoms with E-state index in [0.717, 1.165) is 19.2 Å². The van der Waals surface area contributed by atoms with Crippen LogP contribution in [0.25, 0.3) is 0 Å². The molecular weight excluding hydrogens is 302 g/mol. The van der Waals surface area contributed by atoms with Crippen LogP contribution < -0.4 is 5.73 Å². The van der Waals surface area contributed by atoms with E-state index in [1.54, 1.807) is 11.3 Å². The molecule has 0 saturated heterocycles. The van der Waals surface area contributed by atoms with E-state index < -0.39 is 0 Å². The molecule has 0 aliphatic carbocycles. The number of hydrogen-bond acceptors (Lipinski definition) is 3. The molecule has 0 spiro atoms. The summed E-state index contributed by atoms with van der Waals surface area (Å²) in [5.41, 5.74) is 7.09. The van der Waals surface area contributed by atoms with E-state index in [4.69, 9.17) is 17.3 Å². The molecule has 0 saturated carbocycles. The average molecular weight is 309 g/mol. The van der Waals surface area contributed by atoms with Gasteiger partial charge in [0.05, 0.1) is 10.4 Å². The third-order valence-corrected chi connectivity index (χ3v) is 4.85. The number of thiophene rings is 2. The Hall–Kier alpha value is 0.130. The number of halogens is 2. The molecule has 0 aromatic carbocycles. The van der Waals surface area contributed by atoms with Crippen LogP contribution in [0.4, 0.5) is 0 Å². The van der Waals surface area contributed by atoms with Gasteiger partial charge in [0, 0.05) is 20.3 Å². The Morgan fingerprint density at radius 1 is 1.43 bits per heavy atom. The quantitative estimate of drug-likeness (QED) is 0.880. The van der Waals surface area contributed by atoms with Crippen molar-refractivity contribution in [3.05, 3.63) is 42.1 Å². The fourth-order valence-electron chi connectivity index (χ4n) is 1.17. The Kier molecular flexibility index (Phi) is 3.29. The number of rotatable bonds is 2. The van der Waals surface area contributed by atoms with Crippen molar-refractivity contribution in [2.45, 2.75) is 6.04 Å². The zero-order chi connectivity index (χ0) is 10.1. The van der Waals surface area contributed by atoms with Crippen molar-refractivity contribution in [1.82, 2.24) is 0 Å². The highest BCUT2D eigenvalue weighted by atomic mass is 79.9. The first-order chi connectivity index (χ1) is 6.68. The minimum atomic E-state index is -0.106. The van der Waals surface area contributed by atoms with Gasteiger partial charge in [0.1, 0.15) is 0 Å². The summed E-state index contributed by atoms with van der Waals surface area (Å²) in [6, 6.07) is 3.90. The first-order valence-electron chi connectivity index (χ1n) is 3.91. The van der Waals surface area contributed by atoms with Crippen molar-refractivity contribution < 1.29 is 0 Å². The van der Waals surface area contributed by atoms with Crippen LogP contribution in [0.1, 0.15) is 16.5 Å². The lowest BCUT2D eigenvalue weighted by Crippen LogP contribution is -2.09. The van der Waals surface area contributed by atoms with E-state index in [1.807, 2.05) is 22.9 Å². The molecule has 0 aliphatic rings. The molecule has 0 radical (unpaired) electrons. The maximum atomic E-state index is 6.09. The Morgan fingerprint density at radius 2 is 2.21 bits per heavy atom. The average Bonchev–Trinajstić information content (AvgIpc) is 2.73. The van der Waals surface area contributed by atoms with E-state index in [0.29, 0.717) is 0 Å². The molecule has 2 N–H and O–H groups in total. The van der Waals surface area contributed by atoms with Crippen LogP contribution in [0.15, 0.2) is 27.4 Å². The molecule has 1 nitrogen and oxygen atoms in total. The van der Waals surface area contributed by atoms with E-state index in [2.05, 4.69) is 15.9 Å². The molecule has 0 amide bonds. The molecule has 0 fully saturated rings. The van der Waals surface area contributed by atoms with Gasteiger partial charge in [-0.15, -0.1) is 22.7 Å². The maximum Gasteiger partial charge on any atom is 0.0979 e. The summed E-state index contributed by atoms with van der Waals surface area (Å²) in [5, 5.41) is 3.98. The molecular formula is C9H7BrClNS2. The molecule has 2 heterocycles. The van der Waals surface area contributed by atoms with Gasteiger partial charge < -0.3 is 5.73 Å². The van der Waals surface area contributed by atoms with Crippen molar-refractivity contribution >= 4 is 50.2 Å². The van der Waals surface area contributed by atoms with E-state index in [1.165, 1.54) is 11.3 Å². The highest BCUT2D eigenvalue weighted by Crippen LogP contribution is 2.34. The Bertz CT molecular complexity index is 437. The molecule has 2 rings (SSSR count). The van der Waals surface area contributed by atoms with Crippen LogP contribution in [-0.2, 0) is 0 Å². The molecule has 74 valence electrons. The van der Waals surface area contributed by atoms with Crippen molar-refractivity contribution in [3.8, 4) is 0 Å². The van der Waals surface area contributed by atoms with Gasteiger partial charge in [-0.2, -0.15) is 0 Å².